The highest BCUT2D eigenvalue weighted by molar-refractivity contribution is 7.92. The summed E-state index contributed by atoms with van der Waals surface area (Å²) in [6.45, 7) is 2.33. The van der Waals surface area contributed by atoms with E-state index in [4.69, 9.17) is 16.3 Å². The van der Waals surface area contributed by atoms with Gasteiger partial charge in [-0.2, -0.15) is 0 Å². The molecule has 10 heteroatoms. The van der Waals surface area contributed by atoms with Gasteiger partial charge in [0, 0.05) is 32.0 Å². The fraction of sp³-hybridized carbons (Fsp3) is 0.412. The van der Waals surface area contributed by atoms with Crippen LogP contribution in [0.5, 0.6) is 5.75 Å². The average molecular weight is 640 g/mol. The topological polar surface area (TPSA) is 96.0 Å². The lowest BCUT2D eigenvalue weighted by molar-refractivity contribution is -0.141. The zero-order valence-corrected chi connectivity index (χ0v) is 27.2. The monoisotopic (exact) mass is 639 g/mol. The number of hydrogen-bond donors (Lipinski definition) is 1. The standard InChI is InChI=1S/C34H42ClN3O5S/c1-25-12-7-8-15-27(25)24-37(31(22-26-13-5-4-6-14-26)34(40)36-28-16-9-10-17-28)33(39)18-11-21-38(44(3,41)42)29-19-20-32(43-2)30(35)23-29/h4-8,12-15,19-20,23,28,31H,9-11,16-18,21-22,24H2,1-3H3,(H,36,40)/t31-/m0/s1. The maximum absolute atomic E-state index is 14.1. The van der Waals surface area contributed by atoms with Crippen molar-refractivity contribution in [2.24, 2.45) is 0 Å². The Morgan fingerprint density at radius 3 is 2.34 bits per heavy atom. The van der Waals surface area contributed by atoms with Crippen molar-refractivity contribution in [3.63, 3.8) is 0 Å². The van der Waals surface area contributed by atoms with Crippen molar-refractivity contribution in [3.05, 3.63) is 94.5 Å². The van der Waals surface area contributed by atoms with Crippen molar-refractivity contribution in [3.8, 4) is 5.75 Å². The molecule has 3 aromatic rings. The van der Waals surface area contributed by atoms with Crippen LogP contribution in [0.1, 0.15) is 55.2 Å². The van der Waals surface area contributed by atoms with E-state index in [1.165, 1.54) is 17.5 Å². The molecular weight excluding hydrogens is 598 g/mol. The van der Waals surface area contributed by atoms with Crippen molar-refractivity contribution in [1.82, 2.24) is 10.2 Å². The molecule has 0 radical (unpaired) electrons. The largest absolute Gasteiger partial charge is 0.495 e. The fourth-order valence-electron chi connectivity index (χ4n) is 5.71. The molecule has 0 heterocycles. The normalized spacial score (nSPS) is 14.2. The van der Waals surface area contributed by atoms with Crippen LogP contribution < -0.4 is 14.4 Å². The van der Waals surface area contributed by atoms with Gasteiger partial charge >= 0.3 is 0 Å². The third-order valence-electron chi connectivity index (χ3n) is 8.15. The summed E-state index contributed by atoms with van der Waals surface area (Å²) in [6.07, 6.45) is 5.84. The van der Waals surface area contributed by atoms with Crippen LogP contribution >= 0.6 is 11.6 Å². The zero-order chi connectivity index (χ0) is 31.7. The van der Waals surface area contributed by atoms with E-state index in [1.54, 1.807) is 17.0 Å². The lowest BCUT2D eigenvalue weighted by Crippen LogP contribution is -2.52. The summed E-state index contributed by atoms with van der Waals surface area (Å²) in [7, 11) is -2.18. The molecule has 1 aliphatic rings. The minimum absolute atomic E-state index is 0.0593. The van der Waals surface area contributed by atoms with E-state index in [-0.39, 0.29) is 48.8 Å². The first-order valence-electron chi connectivity index (χ1n) is 15.1. The summed E-state index contributed by atoms with van der Waals surface area (Å²) < 4.78 is 32.0. The van der Waals surface area contributed by atoms with Gasteiger partial charge in [-0.25, -0.2) is 8.42 Å². The lowest BCUT2D eigenvalue weighted by atomic mass is 10.0. The number of ether oxygens (including phenoxy) is 1. The number of sulfonamides is 1. The number of amides is 2. The Labute approximate surface area is 266 Å². The Morgan fingerprint density at radius 2 is 1.70 bits per heavy atom. The highest BCUT2D eigenvalue weighted by atomic mass is 35.5. The predicted molar refractivity (Wildman–Crippen MR) is 175 cm³/mol. The lowest BCUT2D eigenvalue weighted by Gasteiger charge is -2.33. The van der Waals surface area contributed by atoms with Crippen molar-refractivity contribution in [2.45, 2.75) is 70.5 Å². The number of carbonyl (C=O) groups is 2. The number of hydrogen-bond acceptors (Lipinski definition) is 5. The summed E-state index contributed by atoms with van der Waals surface area (Å²) in [6, 6.07) is 21.7. The van der Waals surface area contributed by atoms with Crippen LogP contribution in [-0.2, 0) is 32.6 Å². The van der Waals surface area contributed by atoms with E-state index < -0.39 is 16.1 Å². The maximum Gasteiger partial charge on any atom is 0.243 e. The number of methoxy groups -OCH3 is 1. The van der Waals surface area contributed by atoms with E-state index in [0.717, 1.165) is 48.6 Å². The minimum atomic E-state index is -3.67. The van der Waals surface area contributed by atoms with Crippen LogP contribution in [0.15, 0.2) is 72.8 Å². The third-order valence-corrected chi connectivity index (χ3v) is 9.64. The van der Waals surface area contributed by atoms with Gasteiger partial charge in [-0.3, -0.25) is 13.9 Å². The molecule has 236 valence electrons. The van der Waals surface area contributed by atoms with E-state index >= 15 is 0 Å². The average Bonchev–Trinajstić information content (AvgIpc) is 3.50. The molecule has 0 saturated heterocycles. The van der Waals surface area contributed by atoms with Gasteiger partial charge in [-0.15, -0.1) is 0 Å². The number of halogens is 1. The van der Waals surface area contributed by atoms with Crippen LogP contribution in [0, 0.1) is 6.92 Å². The second kappa shape index (κ2) is 15.4. The van der Waals surface area contributed by atoms with Crippen LogP contribution in [0.4, 0.5) is 5.69 Å². The molecule has 1 fully saturated rings. The number of nitrogens with one attached hydrogen (secondary N) is 1. The van der Waals surface area contributed by atoms with Gasteiger partial charge in [0.25, 0.3) is 0 Å². The molecule has 1 saturated carbocycles. The third kappa shape index (κ3) is 8.99. The maximum atomic E-state index is 14.1. The quantitative estimate of drug-likeness (QED) is 0.237. The molecule has 0 unspecified atom stereocenters. The Bertz CT molecular complexity index is 1530. The van der Waals surface area contributed by atoms with Gasteiger partial charge in [-0.1, -0.05) is 79.0 Å². The number of anilines is 1. The first-order chi connectivity index (χ1) is 21.1. The molecule has 0 aliphatic heterocycles. The van der Waals surface area contributed by atoms with Crippen LogP contribution in [0.2, 0.25) is 5.02 Å². The van der Waals surface area contributed by atoms with E-state index in [1.807, 2.05) is 61.5 Å². The second-order valence-corrected chi connectivity index (χ2v) is 13.7. The smallest absolute Gasteiger partial charge is 0.243 e. The molecule has 1 N–H and O–H groups in total. The van der Waals surface area contributed by atoms with Crippen LogP contribution in [0.25, 0.3) is 0 Å². The van der Waals surface area contributed by atoms with Gasteiger partial charge in [0.05, 0.1) is 24.1 Å². The SMILES string of the molecule is COc1ccc(N(CCCC(=O)N(Cc2ccccc2C)[C@@H](Cc2ccccc2)C(=O)NC2CCCC2)S(C)(=O)=O)cc1Cl. The molecule has 44 heavy (non-hydrogen) atoms. The van der Waals surface area contributed by atoms with Crippen LogP contribution in [-0.4, -0.2) is 57.1 Å². The van der Waals surface area contributed by atoms with Crippen molar-refractivity contribution in [1.29, 1.82) is 0 Å². The molecule has 1 aliphatic carbocycles. The summed E-state index contributed by atoms with van der Waals surface area (Å²) in [4.78, 5) is 29.6. The molecule has 3 aromatic carbocycles. The molecule has 0 bridgehead atoms. The van der Waals surface area contributed by atoms with Gasteiger partial charge in [-0.05, 0) is 61.1 Å². The highest BCUT2D eigenvalue weighted by Crippen LogP contribution is 2.30. The van der Waals surface area contributed by atoms with Gasteiger partial charge in [0.1, 0.15) is 11.8 Å². The molecular formula is C34H42ClN3O5S. The summed E-state index contributed by atoms with van der Waals surface area (Å²) >= 11 is 6.29. The number of aryl methyl sites for hydroxylation is 1. The van der Waals surface area contributed by atoms with Gasteiger partial charge < -0.3 is 15.0 Å². The molecule has 0 spiro atoms. The Hall–Kier alpha value is -3.56. The predicted octanol–water partition coefficient (Wildman–Crippen LogP) is 5.90. The first kappa shape index (κ1) is 33.3. The minimum Gasteiger partial charge on any atom is -0.495 e. The van der Waals surface area contributed by atoms with Crippen molar-refractivity contribution < 1.29 is 22.7 Å². The number of rotatable bonds is 14. The molecule has 8 nitrogen and oxygen atoms in total. The van der Waals surface area contributed by atoms with E-state index in [2.05, 4.69) is 5.32 Å². The highest BCUT2D eigenvalue weighted by Gasteiger charge is 2.32. The Balaban J connectivity index is 1.59. The molecule has 0 aromatic heterocycles. The summed E-state index contributed by atoms with van der Waals surface area (Å²) in [5, 5.41) is 3.51. The molecule has 2 amide bonds. The van der Waals surface area contributed by atoms with E-state index in [0.29, 0.717) is 17.9 Å². The first-order valence-corrected chi connectivity index (χ1v) is 17.3. The van der Waals surface area contributed by atoms with Crippen molar-refractivity contribution >= 4 is 39.1 Å². The van der Waals surface area contributed by atoms with Crippen molar-refractivity contribution in [2.75, 3.05) is 24.2 Å². The summed E-state index contributed by atoms with van der Waals surface area (Å²) in [5.74, 6) is 0.0662. The number of carbonyl (C=O) groups excluding carboxylic acids is 2. The van der Waals surface area contributed by atoms with Gasteiger partial charge in [0.2, 0.25) is 21.8 Å². The molecule has 1 atom stereocenters. The number of benzene rings is 3. The molecule has 4 rings (SSSR count). The number of nitrogens with zero attached hydrogens (tertiary/aromatic N) is 2. The van der Waals surface area contributed by atoms with E-state index in [9.17, 15) is 18.0 Å². The Morgan fingerprint density at radius 1 is 1.02 bits per heavy atom. The summed E-state index contributed by atoms with van der Waals surface area (Å²) in [5.41, 5.74) is 3.33. The zero-order valence-electron chi connectivity index (χ0n) is 25.7. The Kier molecular flexibility index (Phi) is 11.7. The second-order valence-electron chi connectivity index (χ2n) is 11.4. The van der Waals surface area contributed by atoms with Crippen LogP contribution in [0.3, 0.4) is 0 Å². The van der Waals surface area contributed by atoms with Gasteiger partial charge in [0.15, 0.2) is 0 Å². The fourth-order valence-corrected chi connectivity index (χ4v) is 6.92.